The van der Waals surface area contributed by atoms with Crippen molar-refractivity contribution in [3.05, 3.63) is 44.6 Å². The number of thiazole rings is 1. The smallest absolute Gasteiger partial charge is 0.107 e. The van der Waals surface area contributed by atoms with Crippen LogP contribution < -0.4 is 5.32 Å². The fraction of sp³-hybridized carbons (Fsp3) is 0.333. The molecule has 2 aromatic rings. The lowest BCUT2D eigenvalue weighted by Gasteiger charge is -2.02. The van der Waals surface area contributed by atoms with E-state index in [0.29, 0.717) is 0 Å². The lowest BCUT2D eigenvalue weighted by Crippen LogP contribution is -2.12. The summed E-state index contributed by atoms with van der Waals surface area (Å²) in [6.07, 6.45) is 6.69. The standard InChI is InChI=1S/C12H14BrN3S/c1-2-11-7-16-12(17-11)8-15-5-9-3-10(13)6-14-4-9/h3-4,6-7,15H,2,5,8H2,1H3. The van der Waals surface area contributed by atoms with Gasteiger partial charge in [0.25, 0.3) is 0 Å². The van der Waals surface area contributed by atoms with Crippen LogP contribution >= 0.6 is 27.3 Å². The normalized spacial score (nSPS) is 10.7. The third-order valence-electron chi connectivity index (χ3n) is 2.32. The van der Waals surface area contributed by atoms with Gasteiger partial charge in [-0.1, -0.05) is 6.92 Å². The van der Waals surface area contributed by atoms with Crippen molar-refractivity contribution in [2.24, 2.45) is 0 Å². The highest BCUT2D eigenvalue weighted by Gasteiger charge is 2.00. The second-order valence-electron chi connectivity index (χ2n) is 3.69. The first-order valence-electron chi connectivity index (χ1n) is 5.51. The van der Waals surface area contributed by atoms with Crippen LogP contribution in [0.3, 0.4) is 0 Å². The van der Waals surface area contributed by atoms with Crippen LogP contribution in [0, 0.1) is 0 Å². The number of halogens is 1. The van der Waals surface area contributed by atoms with Gasteiger partial charge in [-0.05, 0) is 34.0 Å². The largest absolute Gasteiger partial charge is 0.306 e. The molecule has 5 heteroatoms. The molecule has 2 heterocycles. The number of nitrogens with one attached hydrogen (secondary N) is 1. The van der Waals surface area contributed by atoms with Crippen LogP contribution in [0.5, 0.6) is 0 Å². The van der Waals surface area contributed by atoms with Crippen molar-refractivity contribution >= 4 is 27.3 Å². The zero-order valence-electron chi connectivity index (χ0n) is 9.61. The summed E-state index contributed by atoms with van der Waals surface area (Å²) < 4.78 is 1.01. The minimum absolute atomic E-state index is 0.813. The van der Waals surface area contributed by atoms with E-state index in [1.807, 2.05) is 12.4 Å². The molecule has 0 unspecified atom stereocenters. The minimum atomic E-state index is 0.813. The molecule has 0 spiro atoms. The molecule has 0 saturated heterocycles. The van der Waals surface area contributed by atoms with E-state index < -0.39 is 0 Å². The van der Waals surface area contributed by atoms with Gasteiger partial charge in [0.2, 0.25) is 0 Å². The lowest BCUT2D eigenvalue weighted by atomic mass is 10.3. The summed E-state index contributed by atoms with van der Waals surface area (Å²) in [7, 11) is 0. The third kappa shape index (κ3) is 3.87. The van der Waals surface area contributed by atoms with Gasteiger partial charge in [-0.15, -0.1) is 11.3 Å². The maximum Gasteiger partial charge on any atom is 0.107 e. The number of aromatic nitrogens is 2. The molecule has 0 aliphatic heterocycles. The molecule has 1 N–H and O–H groups in total. The maximum atomic E-state index is 4.37. The highest BCUT2D eigenvalue weighted by molar-refractivity contribution is 9.10. The topological polar surface area (TPSA) is 37.8 Å². The molecule has 2 aromatic heterocycles. The molecule has 0 radical (unpaired) electrons. The van der Waals surface area contributed by atoms with Gasteiger partial charge in [0.1, 0.15) is 5.01 Å². The second kappa shape index (κ2) is 6.23. The number of rotatable bonds is 5. The van der Waals surface area contributed by atoms with Crippen molar-refractivity contribution in [2.75, 3.05) is 0 Å². The number of pyridine rings is 1. The van der Waals surface area contributed by atoms with Crippen molar-refractivity contribution < 1.29 is 0 Å². The van der Waals surface area contributed by atoms with Crippen molar-refractivity contribution in [2.45, 2.75) is 26.4 Å². The van der Waals surface area contributed by atoms with E-state index in [1.54, 1.807) is 17.5 Å². The summed E-state index contributed by atoms with van der Waals surface area (Å²) in [6.45, 7) is 3.78. The van der Waals surface area contributed by atoms with Crippen molar-refractivity contribution in [1.29, 1.82) is 0 Å². The Morgan fingerprint density at radius 2 is 2.18 bits per heavy atom. The van der Waals surface area contributed by atoms with E-state index >= 15 is 0 Å². The minimum Gasteiger partial charge on any atom is -0.306 e. The van der Waals surface area contributed by atoms with Crippen LogP contribution in [0.15, 0.2) is 29.1 Å². The lowest BCUT2D eigenvalue weighted by molar-refractivity contribution is 0.688. The van der Waals surface area contributed by atoms with Gasteiger partial charge in [-0.3, -0.25) is 4.98 Å². The zero-order chi connectivity index (χ0) is 12.1. The quantitative estimate of drug-likeness (QED) is 0.921. The molecule has 17 heavy (non-hydrogen) atoms. The molecular weight excluding hydrogens is 298 g/mol. The van der Waals surface area contributed by atoms with Crippen molar-refractivity contribution in [3.63, 3.8) is 0 Å². The van der Waals surface area contributed by atoms with E-state index in [2.05, 4.69) is 44.2 Å². The van der Waals surface area contributed by atoms with E-state index in [-0.39, 0.29) is 0 Å². The van der Waals surface area contributed by atoms with Crippen LogP contribution in [-0.4, -0.2) is 9.97 Å². The summed E-state index contributed by atoms with van der Waals surface area (Å²) in [4.78, 5) is 9.83. The van der Waals surface area contributed by atoms with E-state index in [9.17, 15) is 0 Å². The van der Waals surface area contributed by atoms with Crippen molar-refractivity contribution in [3.8, 4) is 0 Å². The SMILES string of the molecule is CCc1cnc(CNCc2cncc(Br)c2)s1. The first-order valence-corrected chi connectivity index (χ1v) is 7.12. The Balaban J connectivity index is 1.83. The summed E-state index contributed by atoms with van der Waals surface area (Å²) in [5.41, 5.74) is 1.17. The summed E-state index contributed by atoms with van der Waals surface area (Å²) in [5, 5.41) is 4.51. The van der Waals surface area contributed by atoms with Gasteiger partial charge < -0.3 is 5.32 Å². The fourth-order valence-electron chi connectivity index (χ4n) is 1.46. The van der Waals surface area contributed by atoms with Crippen LogP contribution in [-0.2, 0) is 19.5 Å². The van der Waals surface area contributed by atoms with Gasteiger partial charge in [0, 0.05) is 41.0 Å². The molecular formula is C12H14BrN3S. The molecule has 0 fully saturated rings. The van der Waals surface area contributed by atoms with Crippen LogP contribution in [0.4, 0.5) is 0 Å². The number of hydrogen-bond acceptors (Lipinski definition) is 4. The van der Waals surface area contributed by atoms with Gasteiger partial charge >= 0.3 is 0 Å². The van der Waals surface area contributed by atoms with E-state index in [0.717, 1.165) is 29.0 Å². The molecule has 0 atom stereocenters. The molecule has 0 bridgehead atoms. The third-order valence-corrected chi connectivity index (χ3v) is 3.89. The molecule has 90 valence electrons. The van der Waals surface area contributed by atoms with Crippen LogP contribution in [0.25, 0.3) is 0 Å². The average molecular weight is 312 g/mol. The van der Waals surface area contributed by atoms with Gasteiger partial charge in [0.15, 0.2) is 0 Å². The van der Waals surface area contributed by atoms with Crippen LogP contribution in [0.2, 0.25) is 0 Å². The highest BCUT2D eigenvalue weighted by Crippen LogP contribution is 2.13. The summed E-state index contributed by atoms with van der Waals surface area (Å²) in [6, 6.07) is 2.07. The second-order valence-corrected chi connectivity index (χ2v) is 5.80. The fourth-order valence-corrected chi connectivity index (χ4v) is 2.70. The molecule has 0 aliphatic carbocycles. The zero-order valence-corrected chi connectivity index (χ0v) is 12.0. The number of aryl methyl sites for hydroxylation is 1. The Kier molecular flexibility index (Phi) is 4.65. The Morgan fingerprint density at radius 3 is 2.88 bits per heavy atom. The Morgan fingerprint density at radius 1 is 1.29 bits per heavy atom. The van der Waals surface area contributed by atoms with Crippen molar-refractivity contribution in [1.82, 2.24) is 15.3 Å². The molecule has 2 rings (SSSR count). The molecule has 0 aromatic carbocycles. The summed E-state index contributed by atoms with van der Waals surface area (Å²) >= 11 is 5.18. The molecule has 0 amide bonds. The predicted octanol–water partition coefficient (Wildman–Crippen LogP) is 3.15. The van der Waals surface area contributed by atoms with Crippen LogP contribution in [0.1, 0.15) is 22.4 Å². The van der Waals surface area contributed by atoms with E-state index in [1.165, 1.54) is 10.4 Å². The summed E-state index contributed by atoms with van der Waals surface area (Å²) in [5.74, 6) is 0. The van der Waals surface area contributed by atoms with Gasteiger partial charge in [-0.25, -0.2) is 4.98 Å². The molecule has 0 aliphatic rings. The number of hydrogen-bond donors (Lipinski definition) is 1. The average Bonchev–Trinajstić information content (AvgIpc) is 2.77. The van der Waals surface area contributed by atoms with Gasteiger partial charge in [-0.2, -0.15) is 0 Å². The first kappa shape index (κ1) is 12.7. The monoisotopic (exact) mass is 311 g/mol. The Hall–Kier alpha value is -0.780. The first-order chi connectivity index (χ1) is 8.28. The molecule has 0 saturated carbocycles. The van der Waals surface area contributed by atoms with E-state index in [4.69, 9.17) is 0 Å². The Labute approximate surface area is 113 Å². The Bertz CT molecular complexity index is 484. The molecule has 3 nitrogen and oxygen atoms in total. The highest BCUT2D eigenvalue weighted by atomic mass is 79.9. The number of nitrogens with zero attached hydrogens (tertiary/aromatic N) is 2. The maximum absolute atomic E-state index is 4.37. The van der Waals surface area contributed by atoms with Gasteiger partial charge in [0.05, 0.1) is 0 Å². The predicted molar refractivity (Wildman–Crippen MR) is 74.0 cm³/mol.